The Hall–Kier alpha value is -1.90. The first-order chi connectivity index (χ1) is 9.40. The number of carboxylic acids is 1. The van der Waals surface area contributed by atoms with Gasteiger partial charge in [0.05, 0.1) is 6.20 Å². The molecule has 1 aromatic carbocycles. The molecule has 0 aliphatic heterocycles. The molecule has 0 radical (unpaired) electrons. The molecule has 0 saturated carbocycles. The van der Waals surface area contributed by atoms with Crippen molar-refractivity contribution in [2.45, 2.75) is 11.6 Å². The fourth-order valence-electron chi connectivity index (χ4n) is 1.53. The SMILES string of the molecule is O=C(O)c1cn[nH]c1S(=O)(=O)NCc1cccc(Cl)c1. The molecule has 7 nitrogen and oxygen atoms in total. The van der Waals surface area contributed by atoms with Crippen molar-refractivity contribution in [3.8, 4) is 0 Å². The molecular formula is C11H10ClN3O4S. The predicted octanol–water partition coefficient (Wildman–Crippen LogP) is 1.24. The Bertz CT molecular complexity index is 742. The first-order valence-corrected chi connectivity index (χ1v) is 7.27. The van der Waals surface area contributed by atoms with Crippen LogP contribution in [0.1, 0.15) is 15.9 Å². The molecule has 2 rings (SSSR count). The van der Waals surface area contributed by atoms with Gasteiger partial charge in [-0.05, 0) is 17.7 Å². The minimum Gasteiger partial charge on any atom is -0.478 e. The molecule has 0 aliphatic rings. The van der Waals surface area contributed by atoms with Gasteiger partial charge >= 0.3 is 5.97 Å². The summed E-state index contributed by atoms with van der Waals surface area (Å²) in [5.74, 6) is -1.37. The van der Waals surface area contributed by atoms with Gasteiger partial charge in [-0.3, -0.25) is 5.10 Å². The molecule has 106 valence electrons. The van der Waals surface area contributed by atoms with Crippen LogP contribution < -0.4 is 4.72 Å². The van der Waals surface area contributed by atoms with Crippen molar-refractivity contribution >= 4 is 27.6 Å². The first-order valence-electron chi connectivity index (χ1n) is 5.41. The summed E-state index contributed by atoms with van der Waals surface area (Å²) < 4.78 is 26.3. The van der Waals surface area contributed by atoms with Gasteiger partial charge in [0, 0.05) is 11.6 Å². The van der Waals surface area contributed by atoms with Crippen molar-refractivity contribution in [2.75, 3.05) is 0 Å². The van der Waals surface area contributed by atoms with E-state index in [1.165, 1.54) is 0 Å². The van der Waals surface area contributed by atoms with E-state index in [9.17, 15) is 13.2 Å². The van der Waals surface area contributed by atoms with Crippen LogP contribution in [-0.4, -0.2) is 29.7 Å². The average molecular weight is 316 g/mol. The van der Waals surface area contributed by atoms with Crippen molar-refractivity contribution in [1.29, 1.82) is 0 Å². The van der Waals surface area contributed by atoms with Crippen LogP contribution in [-0.2, 0) is 16.6 Å². The predicted molar refractivity (Wildman–Crippen MR) is 71.0 cm³/mol. The molecule has 3 N–H and O–H groups in total. The van der Waals surface area contributed by atoms with Gasteiger partial charge in [0.2, 0.25) is 0 Å². The monoisotopic (exact) mass is 315 g/mol. The van der Waals surface area contributed by atoms with E-state index in [4.69, 9.17) is 16.7 Å². The summed E-state index contributed by atoms with van der Waals surface area (Å²) in [5.41, 5.74) is 0.237. The highest BCUT2D eigenvalue weighted by atomic mass is 35.5. The van der Waals surface area contributed by atoms with Crippen LogP contribution >= 0.6 is 11.6 Å². The Labute approximate surface area is 119 Å². The van der Waals surface area contributed by atoms with E-state index in [0.717, 1.165) is 6.20 Å². The zero-order chi connectivity index (χ0) is 14.8. The Kier molecular flexibility index (Phi) is 4.07. The van der Waals surface area contributed by atoms with E-state index in [1.807, 2.05) is 0 Å². The van der Waals surface area contributed by atoms with Crippen molar-refractivity contribution in [1.82, 2.24) is 14.9 Å². The first kappa shape index (κ1) is 14.5. The maximum absolute atomic E-state index is 12.0. The lowest BCUT2D eigenvalue weighted by atomic mass is 10.2. The van der Waals surface area contributed by atoms with E-state index < -0.39 is 26.6 Å². The number of H-pyrrole nitrogens is 1. The second-order valence-corrected chi connectivity index (χ2v) is 6.01. The summed E-state index contributed by atoms with van der Waals surface area (Å²) in [6.07, 6.45) is 0.941. The summed E-state index contributed by atoms with van der Waals surface area (Å²) in [5, 5.41) is 14.5. The minimum atomic E-state index is -4.00. The lowest BCUT2D eigenvalue weighted by molar-refractivity contribution is 0.0692. The fraction of sp³-hybridized carbons (Fsp3) is 0.0909. The maximum Gasteiger partial charge on any atom is 0.340 e. The van der Waals surface area contributed by atoms with Crippen molar-refractivity contribution in [3.63, 3.8) is 0 Å². The summed E-state index contributed by atoms with van der Waals surface area (Å²) >= 11 is 5.79. The Morgan fingerprint density at radius 3 is 2.85 bits per heavy atom. The topological polar surface area (TPSA) is 112 Å². The fourth-order valence-corrected chi connectivity index (χ4v) is 2.85. The lowest BCUT2D eigenvalue weighted by Crippen LogP contribution is -2.25. The molecule has 9 heteroatoms. The molecule has 0 amide bonds. The van der Waals surface area contributed by atoms with Crippen molar-refractivity contribution < 1.29 is 18.3 Å². The number of halogens is 1. The molecule has 0 unspecified atom stereocenters. The lowest BCUT2D eigenvalue weighted by Gasteiger charge is -2.06. The third kappa shape index (κ3) is 3.16. The van der Waals surface area contributed by atoms with Crippen molar-refractivity contribution in [3.05, 3.63) is 46.6 Å². The quantitative estimate of drug-likeness (QED) is 0.768. The molecule has 1 aromatic heterocycles. The second kappa shape index (κ2) is 5.61. The summed E-state index contributed by atoms with van der Waals surface area (Å²) in [4.78, 5) is 10.9. The smallest absolute Gasteiger partial charge is 0.340 e. The van der Waals surface area contributed by atoms with Crippen LogP contribution in [0.25, 0.3) is 0 Å². The number of aromatic nitrogens is 2. The third-order valence-electron chi connectivity index (χ3n) is 2.46. The minimum absolute atomic E-state index is 0.0129. The number of hydrogen-bond acceptors (Lipinski definition) is 4. The number of rotatable bonds is 5. The van der Waals surface area contributed by atoms with Gasteiger partial charge in [0.15, 0.2) is 5.03 Å². The second-order valence-electron chi connectivity index (χ2n) is 3.87. The summed E-state index contributed by atoms with van der Waals surface area (Å²) in [6.45, 7) is -0.0129. The Morgan fingerprint density at radius 1 is 1.45 bits per heavy atom. The number of aromatic carboxylic acids is 1. The van der Waals surface area contributed by atoms with Crippen LogP contribution in [0.5, 0.6) is 0 Å². The van der Waals surface area contributed by atoms with Crippen LogP contribution in [0, 0.1) is 0 Å². The normalized spacial score (nSPS) is 11.4. The van der Waals surface area contributed by atoms with Crippen LogP contribution in [0.2, 0.25) is 5.02 Å². The maximum atomic E-state index is 12.0. The van der Waals surface area contributed by atoms with Crippen molar-refractivity contribution in [2.24, 2.45) is 0 Å². The molecule has 0 bridgehead atoms. The molecule has 0 aliphatic carbocycles. The molecule has 2 aromatic rings. The third-order valence-corrected chi connectivity index (χ3v) is 4.07. The molecule has 0 spiro atoms. The van der Waals surface area contributed by atoms with Gasteiger partial charge in [-0.2, -0.15) is 5.10 Å². The number of carboxylic acid groups (broad SMARTS) is 1. The number of aromatic amines is 1. The highest BCUT2D eigenvalue weighted by Gasteiger charge is 2.24. The Balaban J connectivity index is 2.19. The number of nitrogens with zero attached hydrogens (tertiary/aromatic N) is 1. The van der Waals surface area contributed by atoms with Gasteiger partial charge in [0.1, 0.15) is 5.56 Å². The zero-order valence-electron chi connectivity index (χ0n) is 10.00. The van der Waals surface area contributed by atoms with E-state index in [-0.39, 0.29) is 6.54 Å². The number of carbonyl (C=O) groups is 1. The van der Waals surface area contributed by atoms with Gasteiger partial charge in [-0.25, -0.2) is 17.9 Å². The molecule has 1 heterocycles. The zero-order valence-corrected chi connectivity index (χ0v) is 11.6. The van der Waals surface area contributed by atoms with Gasteiger partial charge in [-0.15, -0.1) is 0 Å². The van der Waals surface area contributed by atoms with Gasteiger partial charge in [-0.1, -0.05) is 23.7 Å². The van der Waals surface area contributed by atoms with Gasteiger partial charge < -0.3 is 5.11 Å². The number of sulfonamides is 1. The largest absolute Gasteiger partial charge is 0.478 e. The van der Waals surface area contributed by atoms with E-state index in [1.54, 1.807) is 24.3 Å². The highest BCUT2D eigenvalue weighted by molar-refractivity contribution is 7.89. The number of benzene rings is 1. The number of nitrogens with one attached hydrogen (secondary N) is 2. The average Bonchev–Trinajstić information content (AvgIpc) is 2.87. The standard InChI is InChI=1S/C11H10ClN3O4S/c12-8-3-1-2-7(4-8)5-14-20(18,19)10-9(11(16)17)6-13-15-10/h1-4,6,14H,5H2,(H,13,15)(H,16,17). The van der Waals surface area contributed by atoms with Crippen LogP contribution in [0.4, 0.5) is 0 Å². The molecule has 20 heavy (non-hydrogen) atoms. The molecular weight excluding hydrogens is 306 g/mol. The Morgan fingerprint density at radius 2 is 2.20 bits per heavy atom. The highest BCUT2D eigenvalue weighted by Crippen LogP contribution is 2.14. The number of hydrogen-bond donors (Lipinski definition) is 3. The van der Waals surface area contributed by atoms with Crippen LogP contribution in [0.15, 0.2) is 35.5 Å². The van der Waals surface area contributed by atoms with E-state index in [2.05, 4.69) is 14.9 Å². The van der Waals surface area contributed by atoms with E-state index >= 15 is 0 Å². The molecule has 0 atom stereocenters. The summed E-state index contributed by atoms with van der Waals surface area (Å²) in [7, 11) is -4.00. The summed E-state index contributed by atoms with van der Waals surface area (Å²) in [6, 6.07) is 6.65. The molecule has 0 saturated heterocycles. The van der Waals surface area contributed by atoms with Gasteiger partial charge in [0.25, 0.3) is 10.0 Å². The van der Waals surface area contributed by atoms with Crippen LogP contribution in [0.3, 0.4) is 0 Å². The molecule has 0 fully saturated rings. The van der Waals surface area contributed by atoms with E-state index in [0.29, 0.717) is 10.6 Å².